The topological polar surface area (TPSA) is 133 Å². The maximum atomic E-state index is 10.4. The van der Waals surface area contributed by atoms with Gasteiger partial charge in [-0.15, -0.1) is 0 Å². The average Bonchev–Trinajstić information content (AvgIpc) is 2.97. The molecule has 2 rings (SSSR count). The number of primary amides is 1. The van der Waals surface area contributed by atoms with Crippen molar-refractivity contribution in [2.45, 2.75) is 0 Å². The van der Waals surface area contributed by atoms with Crippen LogP contribution in [0.1, 0.15) is 0 Å². The van der Waals surface area contributed by atoms with Crippen LogP contribution >= 0.6 is 0 Å². The lowest BCUT2D eigenvalue weighted by Crippen LogP contribution is -2.19. The number of anilines is 2. The van der Waals surface area contributed by atoms with Crippen molar-refractivity contribution < 1.29 is 9.53 Å². The molecule has 0 aliphatic carbocycles. The minimum atomic E-state index is -0.822. The highest BCUT2D eigenvalue weighted by molar-refractivity contribution is 5.64. The fraction of sp³-hybridized carbons (Fsp3) is 0.300. The SMILES string of the molecule is CNc1nc(NCCOC(N)=O)nc(-n2ccnc2)n1. The first kappa shape index (κ1) is 13.5. The van der Waals surface area contributed by atoms with Gasteiger partial charge in [0.25, 0.3) is 0 Å². The second kappa shape index (κ2) is 6.31. The Bertz CT molecular complexity index is 571. The molecule has 10 heteroatoms. The first-order valence-corrected chi connectivity index (χ1v) is 5.77. The van der Waals surface area contributed by atoms with Crippen LogP contribution in [-0.2, 0) is 4.74 Å². The molecule has 10 nitrogen and oxygen atoms in total. The first-order valence-electron chi connectivity index (χ1n) is 5.77. The molecule has 0 saturated heterocycles. The number of amides is 1. The fourth-order valence-corrected chi connectivity index (χ4v) is 1.36. The number of nitrogens with zero attached hydrogens (tertiary/aromatic N) is 5. The zero-order chi connectivity index (χ0) is 14.4. The molecule has 2 aromatic heterocycles. The van der Waals surface area contributed by atoms with Crippen molar-refractivity contribution in [3.63, 3.8) is 0 Å². The number of carbonyl (C=O) groups is 1. The molecule has 0 aromatic carbocycles. The van der Waals surface area contributed by atoms with Gasteiger partial charge in [-0.05, 0) is 0 Å². The van der Waals surface area contributed by atoms with E-state index in [9.17, 15) is 4.79 Å². The highest BCUT2D eigenvalue weighted by Gasteiger charge is 2.07. The molecule has 2 aromatic rings. The van der Waals surface area contributed by atoms with Crippen LogP contribution in [0.15, 0.2) is 18.7 Å². The molecule has 4 N–H and O–H groups in total. The smallest absolute Gasteiger partial charge is 0.404 e. The normalized spacial score (nSPS) is 10.1. The van der Waals surface area contributed by atoms with Crippen LogP contribution in [0.3, 0.4) is 0 Å². The lowest BCUT2D eigenvalue weighted by Gasteiger charge is -2.08. The van der Waals surface area contributed by atoms with Gasteiger partial charge >= 0.3 is 6.09 Å². The highest BCUT2D eigenvalue weighted by atomic mass is 16.5. The summed E-state index contributed by atoms with van der Waals surface area (Å²) >= 11 is 0. The predicted molar refractivity (Wildman–Crippen MR) is 70.5 cm³/mol. The van der Waals surface area contributed by atoms with Crippen molar-refractivity contribution in [3.8, 4) is 5.95 Å². The lowest BCUT2D eigenvalue weighted by atomic mass is 10.6. The van der Waals surface area contributed by atoms with Crippen LogP contribution < -0.4 is 16.4 Å². The quantitative estimate of drug-likeness (QED) is 0.608. The van der Waals surface area contributed by atoms with E-state index in [-0.39, 0.29) is 6.61 Å². The summed E-state index contributed by atoms with van der Waals surface area (Å²) in [5, 5.41) is 5.75. The van der Waals surface area contributed by atoms with Gasteiger partial charge in [-0.1, -0.05) is 0 Å². The molecule has 1 amide bonds. The van der Waals surface area contributed by atoms with Crippen molar-refractivity contribution in [3.05, 3.63) is 18.7 Å². The molecule has 0 unspecified atom stereocenters. The molecular weight excluding hydrogens is 264 g/mol. The van der Waals surface area contributed by atoms with E-state index in [0.29, 0.717) is 24.4 Å². The summed E-state index contributed by atoms with van der Waals surface area (Å²) in [7, 11) is 1.70. The highest BCUT2D eigenvalue weighted by Crippen LogP contribution is 2.08. The third-order valence-electron chi connectivity index (χ3n) is 2.21. The molecule has 0 atom stereocenters. The molecule has 0 spiro atoms. The molecule has 0 radical (unpaired) electrons. The Morgan fingerprint density at radius 2 is 2.20 bits per heavy atom. The van der Waals surface area contributed by atoms with E-state index >= 15 is 0 Å². The van der Waals surface area contributed by atoms with Crippen molar-refractivity contribution >= 4 is 18.0 Å². The van der Waals surface area contributed by atoms with Crippen molar-refractivity contribution in [1.82, 2.24) is 24.5 Å². The molecule has 2 heterocycles. The largest absolute Gasteiger partial charge is 0.448 e. The molecule has 106 valence electrons. The van der Waals surface area contributed by atoms with Crippen LogP contribution in [0.2, 0.25) is 0 Å². The van der Waals surface area contributed by atoms with Gasteiger partial charge in [0.2, 0.25) is 17.8 Å². The number of nitrogens with two attached hydrogens (primary N) is 1. The molecule has 0 bridgehead atoms. The van der Waals surface area contributed by atoms with Gasteiger partial charge in [0, 0.05) is 19.4 Å². The van der Waals surface area contributed by atoms with Gasteiger partial charge in [-0.2, -0.15) is 15.0 Å². The third kappa shape index (κ3) is 3.54. The third-order valence-corrected chi connectivity index (χ3v) is 2.21. The predicted octanol–water partition coefficient (Wildman–Crippen LogP) is -0.394. The molecule has 0 aliphatic rings. The zero-order valence-electron chi connectivity index (χ0n) is 10.8. The number of ether oxygens (including phenoxy) is 1. The maximum absolute atomic E-state index is 10.4. The van der Waals surface area contributed by atoms with Crippen molar-refractivity contribution in [1.29, 1.82) is 0 Å². The second-order valence-electron chi connectivity index (χ2n) is 3.60. The van der Waals surface area contributed by atoms with Crippen LogP contribution in [-0.4, -0.2) is 50.8 Å². The minimum Gasteiger partial charge on any atom is -0.448 e. The van der Waals surface area contributed by atoms with E-state index in [1.165, 1.54) is 0 Å². The van der Waals surface area contributed by atoms with Crippen LogP contribution in [0.25, 0.3) is 5.95 Å². The number of nitrogens with one attached hydrogen (secondary N) is 2. The molecule has 20 heavy (non-hydrogen) atoms. The average molecular weight is 278 g/mol. The number of imidazole rings is 1. The molecule has 0 saturated carbocycles. The van der Waals surface area contributed by atoms with E-state index in [4.69, 9.17) is 5.73 Å². The number of carbonyl (C=O) groups excluding carboxylic acids is 1. The Kier molecular flexibility index (Phi) is 4.27. The van der Waals surface area contributed by atoms with Gasteiger partial charge in [-0.25, -0.2) is 9.78 Å². The summed E-state index contributed by atoms with van der Waals surface area (Å²) < 4.78 is 6.24. The lowest BCUT2D eigenvalue weighted by molar-refractivity contribution is 0.161. The molecule has 0 aliphatic heterocycles. The summed E-state index contributed by atoms with van der Waals surface area (Å²) in [6.45, 7) is 0.454. The molecular formula is C10H14N8O2. The Balaban J connectivity index is 2.08. The summed E-state index contributed by atoms with van der Waals surface area (Å²) in [4.78, 5) is 26.9. The fourth-order valence-electron chi connectivity index (χ4n) is 1.36. The van der Waals surface area contributed by atoms with E-state index in [1.54, 1.807) is 30.3 Å². The summed E-state index contributed by atoms with van der Waals surface area (Å²) in [6, 6.07) is 0. The van der Waals surface area contributed by atoms with Crippen LogP contribution in [0.5, 0.6) is 0 Å². The number of rotatable bonds is 6. The van der Waals surface area contributed by atoms with Gasteiger partial charge in [0.1, 0.15) is 12.9 Å². The van der Waals surface area contributed by atoms with Crippen LogP contribution in [0.4, 0.5) is 16.7 Å². The number of hydrogen-bond acceptors (Lipinski definition) is 8. The Morgan fingerprint density at radius 1 is 1.40 bits per heavy atom. The van der Waals surface area contributed by atoms with E-state index in [2.05, 4.69) is 35.3 Å². The zero-order valence-corrected chi connectivity index (χ0v) is 10.8. The van der Waals surface area contributed by atoms with Crippen molar-refractivity contribution in [2.24, 2.45) is 5.73 Å². The van der Waals surface area contributed by atoms with Crippen molar-refractivity contribution in [2.75, 3.05) is 30.8 Å². The second-order valence-corrected chi connectivity index (χ2v) is 3.60. The van der Waals surface area contributed by atoms with Gasteiger partial charge in [0.05, 0.1) is 6.54 Å². The summed E-state index contributed by atoms with van der Waals surface area (Å²) in [5.74, 6) is 1.17. The van der Waals surface area contributed by atoms with Gasteiger partial charge in [-0.3, -0.25) is 4.57 Å². The minimum absolute atomic E-state index is 0.121. The maximum Gasteiger partial charge on any atom is 0.404 e. The number of hydrogen-bond donors (Lipinski definition) is 3. The van der Waals surface area contributed by atoms with E-state index in [1.807, 2.05) is 0 Å². The monoisotopic (exact) mass is 278 g/mol. The summed E-state index contributed by atoms with van der Waals surface area (Å²) in [6.07, 6.45) is 4.10. The summed E-state index contributed by atoms with van der Waals surface area (Å²) in [5.41, 5.74) is 4.86. The Morgan fingerprint density at radius 3 is 2.85 bits per heavy atom. The van der Waals surface area contributed by atoms with Gasteiger partial charge < -0.3 is 21.1 Å². The van der Waals surface area contributed by atoms with Crippen LogP contribution in [0, 0.1) is 0 Å². The van der Waals surface area contributed by atoms with Gasteiger partial charge in [0.15, 0.2) is 0 Å². The standard InChI is InChI=1S/C10H14N8O2/c1-12-8-15-9(14-3-5-20-7(11)19)17-10(16-8)18-4-2-13-6-18/h2,4,6H,3,5H2,1H3,(H2,11,19)(H2,12,14,15,16,17). The first-order chi connectivity index (χ1) is 9.69. The Hall–Kier alpha value is -2.91. The van der Waals surface area contributed by atoms with E-state index in [0.717, 1.165) is 0 Å². The molecule has 0 fully saturated rings. The Labute approximate surface area is 114 Å². The van der Waals surface area contributed by atoms with E-state index < -0.39 is 6.09 Å². The number of aromatic nitrogens is 5.